The summed E-state index contributed by atoms with van der Waals surface area (Å²) in [6, 6.07) is 1.66. The molecule has 4 nitrogen and oxygen atoms in total. The van der Waals surface area contributed by atoms with E-state index in [1.54, 1.807) is 12.3 Å². The second-order valence-corrected chi connectivity index (χ2v) is 4.50. The van der Waals surface area contributed by atoms with E-state index >= 15 is 0 Å². The van der Waals surface area contributed by atoms with Gasteiger partial charge in [-0.1, -0.05) is 11.6 Å². The van der Waals surface area contributed by atoms with Crippen molar-refractivity contribution in [2.24, 2.45) is 0 Å². The Morgan fingerprint density at radius 1 is 1.53 bits per heavy atom. The van der Waals surface area contributed by atoms with E-state index in [1.807, 2.05) is 0 Å². The zero-order chi connectivity index (χ0) is 12.1. The van der Waals surface area contributed by atoms with Crippen LogP contribution in [0.1, 0.15) is 24.8 Å². The molecule has 0 bridgehead atoms. The highest BCUT2D eigenvalue weighted by atomic mass is 35.5. The zero-order valence-electron chi connectivity index (χ0n) is 9.56. The lowest BCUT2D eigenvalue weighted by Crippen LogP contribution is -2.26. The minimum atomic E-state index is -0.0707. The molecular weight excluding hydrogens is 242 g/mol. The molecule has 0 spiro atoms. The maximum atomic E-state index is 8.93. The number of hydrogen-bond donors (Lipinski definition) is 1. The Bertz CT molecular complexity index is 367. The number of aliphatic hydroxyl groups is 1. The van der Waals surface area contributed by atoms with E-state index in [-0.39, 0.29) is 12.7 Å². The summed E-state index contributed by atoms with van der Waals surface area (Å²) in [4.78, 5) is 4.06. The summed E-state index contributed by atoms with van der Waals surface area (Å²) in [5, 5.41) is 9.35. The second kappa shape index (κ2) is 6.19. The second-order valence-electron chi connectivity index (χ2n) is 4.09. The van der Waals surface area contributed by atoms with Gasteiger partial charge in [0.2, 0.25) is 5.88 Å². The third-order valence-corrected chi connectivity index (χ3v) is 3.00. The topological polar surface area (TPSA) is 51.6 Å². The lowest BCUT2D eigenvalue weighted by atomic mass is 10.1. The van der Waals surface area contributed by atoms with E-state index in [0.29, 0.717) is 23.1 Å². The molecule has 1 N–H and O–H groups in total. The Hall–Kier alpha value is -0.840. The van der Waals surface area contributed by atoms with Gasteiger partial charge >= 0.3 is 0 Å². The van der Waals surface area contributed by atoms with Gasteiger partial charge in [-0.15, -0.1) is 0 Å². The third kappa shape index (κ3) is 3.56. The van der Waals surface area contributed by atoms with Crippen LogP contribution >= 0.6 is 11.6 Å². The average Bonchev–Trinajstić information content (AvgIpc) is 2.38. The van der Waals surface area contributed by atoms with Crippen LogP contribution in [0.2, 0.25) is 5.02 Å². The van der Waals surface area contributed by atoms with E-state index in [1.165, 1.54) is 6.42 Å². The average molecular weight is 258 g/mol. The maximum Gasteiger partial charge on any atom is 0.232 e. The highest BCUT2D eigenvalue weighted by Crippen LogP contribution is 2.23. The van der Waals surface area contributed by atoms with Crippen molar-refractivity contribution in [2.75, 3.05) is 13.2 Å². The lowest BCUT2D eigenvalue weighted by molar-refractivity contribution is -0.0119. The molecule has 1 fully saturated rings. The molecule has 0 amide bonds. The smallest absolute Gasteiger partial charge is 0.232 e. The van der Waals surface area contributed by atoms with Gasteiger partial charge in [0.15, 0.2) is 0 Å². The normalized spacial score (nSPS) is 20.2. The molecule has 1 aliphatic rings. The van der Waals surface area contributed by atoms with Crippen molar-refractivity contribution in [3.05, 3.63) is 22.8 Å². The maximum absolute atomic E-state index is 8.93. The number of rotatable bonds is 4. The van der Waals surface area contributed by atoms with E-state index in [4.69, 9.17) is 26.2 Å². The molecule has 5 heteroatoms. The van der Waals surface area contributed by atoms with Gasteiger partial charge in [0.05, 0.1) is 12.7 Å². The minimum absolute atomic E-state index is 0.0707. The van der Waals surface area contributed by atoms with Crippen LogP contribution in [-0.4, -0.2) is 29.4 Å². The zero-order valence-corrected chi connectivity index (χ0v) is 10.3. The predicted molar refractivity (Wildman–Crippen MR) is 64.3 cm³/mol. The Balaban J connectivity index is 1.89. The van der Waals surface area contributed by atoms with Crippen LogP contribution in [0.15, 0.2) is 12.3 Å². The molecule has 1 saturated heterocycles. The molecule has 94 valence electrons. The van der Waals surface area contributed by atoms with Crippen LogP contribution in [0.4, 0.5) is 0 Å². The number of nitrogens with zero attached hydrogens (tertiary/aromatic N) is 1. The minimum Gasteiger partial charge on any atom is -0.474 e. The summed E-state index contributed by atoms with van der Waals surface area (Å²) in [5.74, 6) is 0.401. The van der Waals surface area contributed by atoms with Gasteiger partial charge in [-0.25, -0.2) is 4.98 Å². The van der Waals surface area contributed by atoms with Crippen molar-refractivity contribution in [2.45, 2.75) is 32.0 Å². The van der Waals surface area contributed by atoms with Crippen molar-refractivity contribution in [3.8, 4) is 5.88 Å². The van der Waals surface area contributed by atoms with Gasteiger partial charge < -0.3 is 14.6 Å². The molecule has 0 aromatic carbocycles. The molecule has 17 heavy (non-hydrogen) atoms. The molecule has 2 rings (SSSR count). The molecule has 1 aromatic heterocycles. The van der Waals surface area contributed by atoms with Gasteiger partial charge in [0, 0.05) is 12.8 Å². The van der Waals surface area contributed by atoms with E-state index < -0.39 is 0 Å². The summed E-state index contributed by atoms with van der Waals surface area (Å²) < 4.78 is 11.1. The monoisotopic (exact) mass is 257 g/mol. The van der Waals surface area contributed by atoms with Crippen molar-refractivity contribution in [1.29, 1.82) is 0 Å². The van der Waals surface area contributed by atoms with Crippen molar-refractivity contribution < 1.29 is 14.6 Å². The molecule has 1 aromatic rings. The van der Waals surface area contributed by atoms with Crippen LogP contribution in [0.3, 0.4) is 0 Å². The Morgan fingerprint density at radius 3 is 3.06 bits per heavy atom. The molecule has 2 heterocycles. The van der Waals surface area contributed by atoms with Gasteiger partial charge in [-0.3, -0.25) is 0 Å². The number of aliphatic hydroxyl groups excluding tert-OH is 1. The van der Waals surface area contributed by atoms with Gasteiger partial charge in [-0.2, -0.15) is 0 Å². The summed E-state index contributed by atoms with van der Waals surface area (Å²) in [7, 11) is 0. The van der Waals surface area contributed by atoms with Gasteiger partial charge in [-0.05, 0) is 30.9 Å². The van der Waals surface area contributed by atoms with Crippen LogP contribution in [0.25, 0.3) is 0 Å². The first kappa shape index (κ1) is 12.6. The fraction of sp³-hybridized carbons (Fsp3) is 0.583. The Kier molecular flexibility index (Phi) is 4.59. The number of aromatic nitrogens is 1. The molecule has 1 atom stereocenters. The van der Waals surface area contributed by atoms with Crippen molar-refractivity contribution in [3.63, 3.8) is 0 Å². The molecule has 0 saturated carbocycles. The van der Waals surface area contributed by atoms with Gasteiger partial charge in [0.25, 0.3) is 0 Å². The molecule has 1 unspecified atom stereocenters. The Morgan fingerprint density at radius 2 is 2.41 bits per heavy atom. The number of ether oxygens (including phenoxy) is 2. The molecule has 0 radical (unpaired) electrons. The first-order valence-corrected chi connectivity index (χ1v) is 6.17. The molecule has 1 aliphatic heterocycles. The van der Waals surface area contributed by atoms with Crippen LogP contribution < -0.4 is 4.74 Å². The quantitative estimate of drug-likeness (QED) is 0.898. The fourth-order valence-corrected chi connectivity index (χ4v) is 2.01. The van der Waals surface area contributed by atoms with Crippen molar-refractivity contribution >= 4 is 11.6 Å². The first-order chi connectivity index (χ1) is 8.29. The van der Waals surface area contributed by atoms with Crippen LogP contribution in [-0.2, 0) is 11.3 Å². The SMILES string of the molecule is OCc1cnc(OCC2CCCCO2)c(Cl)c1. The highest BCUT2D eigenvalue weighted by Gasteiger charge is 2.15. The third-order valence-electron chi connectivity index (χ3n) is 2.73. The largest absolute Gasteiger partial charge is 0.474 e. The summed E-state index contributed by atoms with van der Waals surface area (Å²) in [5.41, 5.74) is 0.677. The van der Waals surface area contributed by atoms with E-state index in [0.717, 1.165) is 19.4 Å². The number of hydrogen-bond acceptors (Lipinski definition) is 4. The highest BCUT2D eigenvalue weighted by molar-refractivity contribution is 6.31. The van der Waals surface area contributed by atoms with E-state index in [9.17, 15) is 0 Å². The van der Waals surface area contributed by atoms with Crippen LogP contribution in [0.5, 0.6) is 5.88 Å². The standard InChI is InChI=1S/C12H16ClNO3/c13-11-5-9(7-15)6-14-12(11)17-8-10-3-1-2-4-16-10/h5-6,10,15H,1-4,7-8H2. The molecule has 0 aliphatic carbocycles. The summed E-state index contributed by atoms with van der Waals surface area (Å²) in [6.07, 6.45) is 5.02. The van der Waals surface area contributed by atoms with Gasteiger partial charge in [0.1, 0.15) is 11.6 Å². The van der Waals surface area contributed by atoms with Crippen molar-refractivity contribution in [1.82, 2.24) is 4.98 Å². The summed E-state index contributed by atoms with van der Waals surface area (Å²) in [6.45, 7) is 1.21. The Labute approximate surface area is 106 Å². The predicted octanol–water partition coefficient (Wildman–Crippen LogP) is 2.18. The first-order valence-electron chi connectivity index (χ1n) is 5.79. The lowest BCUT2D eigenvalue weighted by Gasteiger charge is -2.22. The summed E-state index contributed by atoms with van der Waals surface area (Å²) >= 11 is 5.99. The fourth-order valence-electron chi connectivity index (χ4n) is 1.77. The number of halogens is 1. The number of pyridine rings is 1. The van der Waals surface area contributed by atoms with Crippen LogP contribution in [0, 0.1) is 0 Å². The van der Waals surface area contributed by atoms with E-state index in [2.05, 4.69) is 4.98 Å². The molecular formula is C12H16ClNO3.